The van der Waals surface area contributed by atoms with E-state index >= 15 is 0 Å². The molecule has 0 spiro atoms. The number of hydrogen-bond acceptors (Lipinski definition) is 5. The largest absolute Gasteiger partial charge is 0.378 e. The Bertz CT molecular complexity index is 1620. The van der Waals surface area contributed by atoms with Crippen molar-refractivity contribution in [2.45, 2.75) is 30.9 Å². The maximum absolute atomic E-state index is 13.4. The van der Waals surface area contributed by atoms with Crippen LogP contribution in [0.1, 0.15) is 34.0 Å². The van der Waals surface area contributed by atoms with Crippen LogP contribution < -0.4 is 20.9 Å². The molecular weight excluding hydrogens is 556 g/mol. The summed E-state index contributed by atoms with van der Waals surface area (Å²) in [5.74, 6) is -0.925. The third-order valence-corrected chi connectivity index (χ3v) is 7.80. The maximum atomic E-state index is 13.4. The standard InChI is InChI=1S/C35H36N4O3S/c1-23-11-20-31(24(2)21-23)37-33(40)25(3)43-30-18-14-28(15-19-30)36-35(42)32(38-34(41)27-9-7-6-8-10-27)22-26-12-16-29(17-13-26)39(4)5/h6-22,25H,1-5H3,(H,36,42)(H,37,40)(H,38,41)/b32-22-. The van der Waals surface area contributed by atoms with Crippen LogP contribution in [-0.2, 0) is 9.59 Å². The van der Waals surface area contributed by atoms with Gasteiger partial charge in [0, 0.05) is 41.6 Å². The fourth-order valence-corrected chi connectivity index (χ4v) is 5.11. The Hall–Kier alpha value is -4.82. The van der Waals surface area contributed by atoms with Crippen LogP contribution in [0.2, 0.25) is 0 Å². The molecule has 1 unspecified atom stereocenters. The van der Waals surface area contributed by atoms with Crippen molar-refractivity contribution in [1.82, 2.24) is 5.32 Å². The molecule has 3 N–H and O–H groups in total. The molecule has 8 heteroatoms. The summed E-state index contributed by atoms with van der Waals surface area (Å²) in [6.07, 6.45) is 1.65. The number of aryl methyl sites for hydroxylation is 2. The number of nitrogens with zero attached hydrogens (tertiary/aromatic N) is 1. The number of carbonyl (C=O) groups excluding carboxylic acids is 3. The molecule has 3 amide bonds. The van der Waals surface area contributed by atoms with Gasteiger partial charge in [0.25, 0.3) is 11.8 Å². The average molecular weight is 593 g/mol. The van der Waals surface area contributed by atoms with Crippen LogP contribution in [0.15, 0.2) is 108 Å². The zero-order valence-electron chi connectivity index (χ0n) is 25.0. The summed E-state index contributed by atoms with van der Waals surface area (Å²) in [5, 5.41) is 8.32. The van der Waals surface area contributed by atoms with Gasteiger partial charge >= 0.3 is 0 Å². The van der Waals surface area contributed by atoms with Crippen LogP contribution in [0, 0.1) is 13.8 Å². The lowest BCUT2D eigenvalue weighted by Crippen LogP contribution is -2.30. The monoisotopic (exact) mass is 592 g/mol. The average Bonchev–Trinajstić information content (AvgIpc) is 2.99. The normalized spacial score (nSPS) is 11.8. The van der Waals surface area contributed by atoms with Crippen LogP contribution in [-0.4, -0.2) is 37.1 Å². The molecule has 220 valence electrons. The van der Waals surface area contributed by atoms with E-state index in [4.69, 9.17) is 0 Å². The summed E-state index contributed by atoms with van der Waals surface area (Å²) < 4.78 is 0. The fourth-order valence-electron chi connectivity index (χ4n) is 4.24. The highest BCUT2D eigenvalue weighted by atomic mass is 32.2. The van der Waals surface area contributed by atoms with Crippen molar-refractivity contribution in [3.63, 3.8) is 0 Å². The second-order valence-corrected chi connectivity index (χ2v) is 11.8. The van der Waals surface area contributed by atoms with Crippen molar-refractivity contribution in [3.8, 4) is 0 Å². The highest BCUT2D eigenvalue weighted by Crippen LogP contribution is 2.27. The summed E-state index contributed by atoms with van der Waals surface area (Å²) in [6, 6.07) is 29.6. The number of nitrogens with one attached hydrogen (secondary N) is 3. The van der Waals surface area contributed by atoms with Gasteiger partial charge in [-0.15, -0.1) is 11.8 Å². The molecule has 0 aliphatic rings. The Morgan fingerprint density at radius 3 is 2.12 bits per heavy atom. The first kappa shape index (κ1) is 31.1. The van der Waals surface area contributed by atoms with Crippen LogP contribution in [0.25, 0.3) is 6.08 Å². The van der Waals surface area contributed by atoms with Gasteiger partial charge in [-0.1, -0.05) is 48.0 Å². The van der Waals surface area contributed by atoms with E-state index in [0.717, 1.165) is 33.0 Å². The van der Waals surface area contributed by atoms with Crippen molar-refractivity contribution in [3.05, 3.63) is 125 Å². The van der Waals surface area contributed by atoms with Crippen LogP contribution in [0.3, 0.4) is 0 Å². The van der Waals surface area contributed by atoms with E-state index in [1.54, 1.807) is 42.5 Å². The first-order valence-electron chi connectivity index (χ1n) is 13.9. The van der Waals surface area contributed by atoms with Gasteiger partial charge in [0.05, 0.1) is 5.25 Å². The van der Waals surface area contributed by atoms with E-state index in [2.05, 4.69) is 16.0 Å². The van der Waals surface area contributed by atoms with Crippen LogP contribution in [0.5, 0.6) is 0 Å². The number of carbonyl (C=O) groups is 3. The zero-order chi connectivity index (χ0) is 30.9. The van der Waals surface area contributed by atoms with Gasteiger partial charge in [-0.25, -0.2) is 0 Å². The van der Waals surface area contributed by atoms with Crippen molar-refractivity contribution in [2.24, 2.45) is 0 Å². The number of thioether (sulfide) groups is 1. The summed E-state index contributed by atoms with van der Waals surface area (Å²) in [7, 11) is 3.91. The summed E-state index contributed by atoms with van der Waals surface area (Å²) in [4.78, 5) is 42.0. The number of rotatable bonds is 10. The van der Waals surface area contributed by atoms with Crippen molar-refractivity contribution >= 4 is 52.6 Å². The Morgan fingerprint density at radius 1 is 0.814 bits per heavy atom. The minimum Gasteiger partial charge on any atom is -0.378 e. The summed E-state index contributed by atoms with van der Waals surface area (Å²) in [6.45, 7) is 5.85. The first-order chi connectivity index (χ1) is 20.6. The first-order valence-corrected chi connectivity index (χ1v) is 14.8. The van der Waals surface area contributed by atoms with Gasteiger partial charge in [0.2, 0.25) is 5.91 Å². The van der Waals surface area contributed by atoms with E-state index in [9.17, 15) is 14.4 Å². The lowest BCUT2D eigenvalue weighted by molar-refractivity contribution is -0.115. The molecule has 1 atom stereocenters. The molecule has 0 bridgehead atoms. The minimum absolute atomic E-state index is 0.0862. The third-order valence-electron chi connectivity index (χ3n) is 6.68. The molecule has 0 aromatic heterocycles. The van der Waals surface area contributed by atoms with Crippen molar-refractivity contribution in [2.75, 3.05) is 29.6 Å². The predicted octanol–water partition coefficient (Wildman–Crippen LogP) is 6.90. The molecule has 0 aliphatic carbocycles. The van der Waals surface area contributed by atoms with Gasteiger partial charge in [0.1, 0.15) is 5.70 Å². The van der Waals surface area contributed by atoms with E-state index in [1.165, 1.54) is 11.8 Å². The Labute approximate surface area is 257 Å². The lowest BCUT2D eigenvalue weighted by Gasteiger charge is -2.15. The van der Waals surface area contributed by atoms with Gasteiger partial charge in [-0.3, -0.25) is 14.4 Å². The Kier molecular flexibility index (Phi) is 10.4. The molecule has 0 heterocycles. The smallest absolute Gasteiger partial charge is 0.272 e. The number of hydrogen-bond donors (Lipinski definition) is 3. The topological polar surface area (TPSA) is 90.5 Å². The highest BCUT2D eigenvalue weighted by Gasteiger charge is 2.17. The SMILES string of the molecule is Cc1ccc(NC(=O)C(C)Sc2ccc(NC(=O)/C(=C/c3ccc(N(C)C)cc3)NC(=O)c3ccccc3)cc2)c(C)c1. The summed E-state index contributed by atoms with van der Waals surface area (Å²) >= 11 is 1.43. The zero-order valence-corrected chi connectivity index (χ0v) is 25.8. The summed E-state index contributed by atoms with van der Waals surface area (Å²) in [5.41, 5.74) is 5.87. The molecule has 43 heavy (non-hydrogen) atoms. The predicted molar refractivity (Wildman–Crippen MR) is 178 cm³/mol. The molecule has 0 saturated carbocycles. The van der Waals surface area contributed by atoms with Gasteiger partial charge < -0.3 is 20.9 Å². The quantitative estimate of drug-likeness (QED) is 0.138. The van der Waals surface area contributed by atoms with E-state index in [0.29, 0.717) is 11.3 Å². The highest BCUT2D eigenvalue weighted by molar-refractivity contribution is 8.00. The van der Waals surface area contributed by atoms with E-state index in [1.807, 2.05) is 100 Å². The second-order valence-electron chi connectivity index (χ2n) is 10.4. The molecule has 0 radical (unpaired) electrons. The molecule has 4 aromatic rings. The molecule has 4 rings (SSSR count). The van der Waals surface area contributed by atoms with Crippen LogP contribution in [0.4, 0.5) is 17.1 Å². The molecule has 0 saturated heterocycles. The molecule has 0 fully saturated rings. The number of amides is 3. The Morgan fingerprint density at radius 2 is 1.49 bits per heavy atom. The molecular formula is C35H36N4O3S. The molecule has 4 aromatic carbocycles. The number of benzene rings is 4. The lowest BCUT2D eigenvalue weighted by atomic mass is 10.1. The van der Waals surface area contributed by atoms with Gasteiger partial charge in [-0.2, -0.15) is 0 Å². The van der Waals surface area contributed by atoms with Gasteiger partial charge in [0.15, 0.2) is 0 Å². The fraction of sp³-hybridized carbons (Fsp3) is 0.171. The van der Waals surface area contributed by atoms with E-state index < -0.39 is 5.91 Å². The Balaban J connectivity index is 1.44. The maximum Gasteiger partial charge on any atom is 0.272 e. The second kappa shape index (κ2) is 14.4. The molecule has 0 aliphatic heterocycles. The van der Waals surface area contributed by atoms with Gasteiger partial charge in [-0.05, 0) is 92.6 Å². The van der Waals surface area contributed by atoms with Crippen LogP contribution >= 0.6 is 11.8 Å². The van der Waals surface area contributed by atoms with Crippen molar-refractivity contribution in [1.29, 1.82) is 0 Å². The third kappa shape index (κ3) is 8.83. The minimum atomic E-state index is -0.456. The van der Waals surface area contributed by atoms with Crippen molar-refractivity contribution < 1.29 is 14.4 Å². The molecule has 7 nitrogen and oxygen atoms in total. The van der Waals surface area contributed by atoms with E-state index in [-0.39, 0.29) is 22.8 Å². The number of anilines is 3.